The number of rotatable bonds is 12. The summed E-state index contributed by atoms with van der Waals surface area (Å²) in [6.45, 7) is 0. The van der Waals surface area contributed by atoms with Crippen LogP contribution in [0.15, 0.2) is 255 Å². The number of hydrogen-bond acceptors (Lipinski definition) is 3. The monoisotopic (exact) mass is 1040 g/mol. The molecule has 0 atom stereocenters. The molecular formula is C54H42As4O3. The third-order valence-electron chi connectivity index (χ3n) is 11.1. The first-order chi connectivity index (χ1) is 29.9. The molecule has 0 aliphatic heterocycles. The molecule has 0 N–H and O–H groups in total. The molecule has 7 heteroatoms. The Kier molecular flexibility index (Phi) is 12.0. The van der Waals surface area contributed by atoms with Gasteiger partial charge in [-0.2, -0.15) is 0 Å². The molecule has 9 rings (SSSR count). The van der Waals surface area contributed by atoms with E-state index < -0.39 is 55.1 Å². The van der Waals surface area contributed by atoms with Crippen molar-refractivity contribution in [2.75, 3.05) is 0 Å². The molecule has 0 saturated carbocycles. The van der Waals surface area contributed by atoms with Crippen LogP contribution in [0.1, 0.15) is 0 Å². The fraction of sp³-hybridized carbons (Fsp3) is 0. The van der Waals surface area contributed by atoms with Crippen LogP contribution in [0.25, 0.3) is 0 Å². The molecule has 0 aliphatic carbocycles. The quantitative estimate of drug-likeness (QED) is 0.177. The van der Waals surface area contributed by atoms with E-state index in [1.165, 1.54) is 0 Å². The van der Waals surface area contributed by atoms with Crippen molar-refractivity contribution in [3.8, 4) is 0 Å². The molecule has 0 amide bonds. The average molecular weight is 1040 g/mol. The van der Waals surface area contributed by atoms with Gasteiger partial charge in [-0.1, -0.05) is 0 Å². The van der Waals surface area contributed by atoms with E-state index in [1.54, 1.807) is 0 Å². The molecule has 9 aromatic carbocycles. The molecular weight excluding hydrogens is 996 g/mol. The topological polar surface area (TPSA) is 51.2 Å². The van der Waals surface area contributed by atoms with Gasteiger partial charge < -0.3 is 0 Å². The molecule has 0 spiro atoms. The fourth-order valence-corrected chi connectivity index (χ4v) is 38.4. The van der Waals surface area contributed by atoms with Crippen LogP contribution < -0.4 is 52.2 Å². The molecule has 0 unspecified atom stereocenters. The fourth-order valence-electron chi connectivity index (χ4n) is 8.26. The predicted octanol–water partition coefficient (Wildman–Crippen LogP) is 3.40. The van der Waals surface area contributed by atoms with Crippen molar-refractivity contribution in [1.29, 1.82) is 0 Å². The zero-order valence-electron chi connectivity index (χ0n) is 33.3. The van der Waals surface area contributed by atoms with Gasteiger partial charge in [0.25, 0.3) is 0 Å². The molecule has 0 aliphatic rings. The van der Waals surface area contributed by atoms with E-state index in [-0.39, 0.29) is 0 Å². The van der Waals surface area contributed by atoms with E-state index >= 15 is 11.2 Å². The second-order valence-corrected chi connectivity index (χ2v) is 36.3. The summed E-state index contributed by atoms with van der Waals surface area (Å²) in [6, 6.07) is 84.0. The molecule has 0 bridgehead atoms. The van der Waals surface area contributed by atoms with Gasteiger partial charge in [-0.05, 0) is 0 Å². The standard InChI is InChI=1S/C54H42As4O3/c59-56(43-25-7-1-8-26-43,44-27-9-2-10-28-44)52-40-22-19-37-49(52)55(50-38-20-23-41-53(50)57(60,45-29-11-3-12-30-45)46-31-13-4-14-32-46)51-39-21-24-42-54(51)58(61,47-33-15-5-16-34-47)48-35-17-6-18-36-48/h1-42H. The third-order valence-corrected chi connectivity index (χ3v) is 38.7. The minimum atomic E-state index is -4.49. The molecule has 296 valence electrons. The van der Waals surface area contributed by atoms with Gasteiger partial charge in [-0.3, -0.25) is 0 Å². The second-order valence-electron chi connectivity index (χ2n) is 14.6. The zero-order chi connectivity index (χ0) is 41.7. The Bertz CT molecular complexity index is 2590. The van der Waals surface area contributed by atoms with Gasteiger partial charge in [0.2, 0.25) is 0 Å². The van der Waals surface area contributed by atoms with Crippen molar-refractivity contribution >= 4 is 107 Å². The van der Waals surface area contributed by atoms with E-state index in [4.69, 9.17) is 0 Å². The van der Waals surface area contributed by atoms with Gasteiger partial charge in [0, 0.05) is 0 Å². The first kappa shape index (κ1) is 41.0. The van der Waals surface area contributed by atoms with E-state index in [0.29, 0.717) is 0 Å². The Morgan fingerprint density at radius 1 is 0.213 bits per heavy atom. The van der Waals surface area contributed by atoms with E-state index in [0.717, 1.165) is 52.2 Å². The van der Waals surface area contributed by atoms with E-state index in [1.807, 2.05) is 218 Å². The molecule has 0 heterocycles. The van der Waals surface area contributed by atoms with Crippen LogP contribution in [0.3, 0.4) is 0 Å². The van der Waals surface area contributed by atoms with Crippen LogP contribution in [0.4, 0.5) is 0 Å². The van der Waals surface area contributed by atoms with Gasteiger partial charge in [-0.25, -0.2) is 0 Å². The van der Waals surface area contributed by atoms with Crippen LogP contribution >= 0.6 is 0 Å². The van der Waals surface area contributed by atoms with Gasteiger partial charge in [0.1, 0.15) is 0 Å². The number of benzene rings is 9. The Hall–Kier alpha value is -5.39. The molecule has 0 aromatic heterocycles. The first-order valence-corrected chi connectivity index (χ1v) is 33.7. The third kappa shape index (κ3) is 7.54. The van der Waals surface area contributed by atoms with Crippen molar-refractivity contribution in [3.05, 3.63) is 255 Å². The summed E-state index contributed by atoms with van der Waals surface area (Å²) in [6.07, 6.45) is 0. The first-order valence-electron chi connectivity index (χ1n) is 20.2. The maximum absolute atomic E-state index is 16.6. The van der Waals surface area contributed by atoms with Crippen molar-refractivity contribution in [1.82, 2.24) is 0 Å². The van der Waals surface area contributed by atoms with Crippen LogP contribution in [0.5, 0.6) is 0 Å². The van der Waals surface area contributed by atoms with Crippen molar-refractivity contribution in [3.63, 3.8) is 0 Å². The summed E-state index contributed by atoms with van der Waals surface area (Å²) in [5.74, 6) is 0. The van der Waals surface area contributed by atoms with Gasteiger partial charge in [0.15, 0.2) is 0 Å². The summed E-state index contributed by atoms with van der Waals surface area (Å²) in [7, 11) is 0. The van der Waals surface area contributed by atoms with Crippen LogP contribution in [-0.2, 0) is 11.2 Å². The Labute approximate surface area is 370 Å². The van der Waals surface area contributed by atoms with E-state index in [2.05, 4.69) is 36.4 Å². The molecule has 9 aromatic rings. The average Bonchev–Trinajstić information content (AvgIpc) is 3.35. The summed E-state index contributed by atoms with van der Waals surface area (Å²) in [5, 5.41) is 0. The zero-order valence-corrected chi connectivity index (χ0v) is 40.8. The Morgan fingerprint density at radius 2 is 0.377 bits per heavy atom. The Balaban J connectivity index is 1.43. The Morgan fingerprint density at radius 3 is 0.574 bits per heavy atom. The molecule has 3 nitrogen and oxygen atoms in total. The molecule has 61 heavy (non-hydrogen) atoms. The second kappa shape index (κ2) is 17.9. The maximum atomic E-state index is 16.6. The van der Waals surface area contributed by atoms with Gasteiger partial charge in [0.05, 0.1) is 0 Å². The minimum absolute atomic E-state index is 0.793. The predicted molar refractivity (Wildman–Crippen MR) is 259 cm³/mol. The van der Waals surface area contributed by atoms with Crippen molar-refractivity contribution in [2.24, 2.45) is 0 Å². The number of hydrogen-bond donors (Lipinski definition) is 0. The summed E-state index contributed by atoms with van der Waals surface area (Å²) >= 11 is -16.5. The molecule has 0 radical (unpaired) electrons. The summed E-state index contributed by atoms with van der Waals surface area (Å²) < 4.78 is 60.0. The molecule has 0 fully saturated rings. The summed E-state index contributed by atoms with van der Waals surface area (Å²) in [5.41, 5.74) is 0. The van der Waals surface area contributed by atoms with E-state index in [9.17, 15) is 0 Å². The van der Waals surface area contributed by atoms with Crippen molar-refractivity contribution < 1.29 is 11.2 Å². The SMILES string of the molecule is O=[As](c1ccccc1)(c1ccccc1)c1ccccc1[As](c1ccccc1[As](=O)(c1ccccc1)c1ccccc1)c1ccccc1[As](=O)(c1ccccc1)c1ccccc1. The molecule has 0 saturated heterocycles. The van der Waals surface area contributed by atoms with Crippen molar-refractivity contribution in [2.45, 2.75) is 0 Å². The van der Waals surface area contributed by atoms with Crippen LogP contribution in [0.2, 0.25) is 0 Å². The van der Waals surface area contributed by atoms with Gasteiger partial charge >= 0.3 is 373 Å². The summed E-state index contributed by atoms with van der Waals surface area (Å²) in [4.78, 5) is 0. The van der Waals surface area contributed by atoms with Gasteiger partial charge in [-0.15, -0.1) is 0 Å². The normalized spacial score (nSPS) is 12.0. The van der Waals surface area contributed by atoms with Crippen LogP contribution in [-0.4, -0.2) is 55.1 Å². The van der Waals surface area contributed by atoms with Crippen LogP contribution in [0, 0.1) is 0 Å².